The first kappa shape index (κ1) is 24.0. The summed E-state index contributed by atoms with van der Waals surface area (Å²) in [6.07, 6.45) is 2.70. The molecule has 7 heteroatoms. The van der Waals surface area contributed by atoms with Gasteiger partial charge < -0.3 is 19.7 Å². The Hall–Kier alpha value is -3.32. The molecule has 0 aliphatic carbocycles. The number of aliphatic carboxylic acids is 1. The number of ether oxygens (including phenoxy) is 2. The molecule has 2 aromatic rings. The van der Waals surface area contributed by atoms with Crippen molar-refractivity contribution in [3.05, 3.63) is 71.8 Å². The molecule has 2 aromatic carbocycles. The van der Waals surface area contributed by atoms with Crippen LogP contribution in [-0.4, -0.2) is 35.5 Å². The lowest BCUT2D eigenvalue weighted by molar-refractivity contribution is -0.131. The maximum absolute atomic E-state index is 12.6. The van der Waals surface area contributed by atoms with Gasteiger partial charge in [-0.1, -0.05) is 42.8 Å². The first-order valence-electron chi connectivity index (χ1n) is 10.2. The molecule has 2 rings (SSSR count). The van der Waals surface area contributed by atoms with Crippen LogP contribution in [0.3, 0.4) is 0 Å². The van der Waals surface area contributed by atoms with Crippen molar-refractivity contribution in [2.45, 2.75) is 32.8 Å². The third-order valence-corrected chi connectivity index (χ3v) is 4.64. The molecule has 1 amide bonds. The highest BCUT2D eigenvalue weighted by molar-refractivity contribution is 5.84. The topological polar surface area (TPSA) is 105 Å². The summed E-state index contributed by atoms with van der Waals surface area (Å²) in [6.45, 7) is 3.97. The second kappa shape index (κ2) is 12.4. The molecule has 3 N–H and O–H groups in total. The van der Waals surface area contributed by atoms with Gasteiger partial charge in [-0.05, 0) is 55.5 Å². The molecule has 0 fully saturated rings. The van der Waals surface area contributed by atoms with E-state index in [1.54, 1.807) is 36.4 Å². The number of aryl methyl sites for hydroxylation is 1. The van der Waals surface area contributed by atoms with E-state index in [9.17, 15) is 9.59 Å². The van der Waals surface area contributed by atoms with Crippen LogP contribution in [0.15, 0.2) is 60.7 Å². The Bertz CT molecular complexity index is 878. The first-order valence-corrected chi connectivity index (χ1v) is 10.2. The Kier molecular flexibility index (Phi) is 9.58. The minimum atomic E-state index is -0.994. The van der Waals surface area contributed by atoms with E-state index in [0.717, 1.165) is 17.2 Å². The number of carbonyl (C=O) groups is 2. The molecule has 0 spiro atoms. The monoisotopic (exact) mass is 427 g/mol. The Balaban J connectivity index is 2.15. The Morgan fingerprint density at radius 2 is 1.90 bits per heavy atom. The number of anilines is 1. The van der Waals surface area contributed by atoms with E-state index in [4.69, 9.17) is 19.7 Å². The van der Waals surface area contributed by atoms with E-state index < -0.39 is 18.2 Å². The molecule has 0 saturated heterocycles. The number of benzene rings is 2. The fourth-order valence-electron chi connectivity index (χ4n) is 3.05. The molecule has 31 heavy (non-hydrogen) atoms. The molecular weight excluding hydrogens is 398 g/mol. The van der Waals surface area contributed by atoms with Crippen LogP contribution < -0.4 is 10.1 Å². The number of hydrogen-bond acceptors (Lipinski definition) is 5. The van der Waals surface area contributed by atoms with Crippen LogP contribution in [0.25, 0.3) is 0 Å². The smallest absolute Gasteiger partial charge is 0.412 e. The molecule has 0 aliphatic rings. The van der Waals surface area contributed by atoms with Gasteiger partial charge in [0, 0.05) is 11.8 Å². The van der Waals surface area contributed by atoms with E-state index in [1.165, 1.54) is 0 Å². The summed E-state index contributed by atoms with van der Waals surface area (Å²) in [5.74, 6) is -0.515. The Morgan fingerprint density at radius 1 is 1.16 bits per heavy atom. The lowest BCUT2D eigenvalue weighted by Gasteiger charge is -2.25. The number of carboxylic acids is 1. The van der Waals surface area contributed by atoms with Crippen LogP contribution in [0.1, 0.15) is 37.0 Å². The number of nitrogens with one attached hydrogen (secondary N) is 1. The molecule has 166 valence electrons. The minimum Gasteiger partial charge on any atom is -0.491 e. The normalized spacial score (nSPS) is 12.9. The fraction of sp³-hybridized carbons (Fsp3) is 0.333. The predicted molar refractivity (Wildman–Crippen MR) is 118 cm³/mol. The summed E-state index contributed by atoms with van der Waals surface area (Å²) >= 11 is 0. The zero-order valence-electron chi connectivity index (χ0n) is 17.8. The van der Waals surface area contributed by atoms with Gasteiger partial charge in [0.15, 0.2) is 0 Å². The standard InChI is InChI=1S/C24H29NO6/c1-17-10-12-20(13-11-17)25-24(29)31-23(18(2)6-3-4-9-22(27)28)19-7-5-8-21(16-19)30-15-14-26/h4-5,7-13,16,18,23,26H,3,6,14-15H2,1-2H3,(H,25,29)(H,27,28)/b9-4+/t18-,23+/m0/s1. The second-order valence-corrected chi connectivity index (χ2v) is 7.26. The van der Waals surface area contributed by atoms with Crippen molar-refractivity contribution in [3.63, 3.8) is 0 Å². The molecule has 0 aliphatic heterocycles. The van der Waals surface area contributed by atoms with Gasteiger partial charge in [-0.15, -0.1) is 0 Å². The van der Waals surface area contributed by atoms with Crippen molar-refractivity contribution in [1.82, 2.24) is 0 Å². The number of carbonyl (C=O) groups excluding carboxylic acids is 1. The van der Waals surface area contributed by atoms with Gasteiger partial charge in [-0.2, -0.15) is 0 Å². The average molecular weight is 427 g/mol. The first-order chi connectivity index (χ1) is 14.9. The number of aliphatic hydroxyl groups excluding tert-OH is 1. The SMILES string of the molecule is Cc1ccc(NC(=O)O[C@@H](c2cccc(OCCO)c2)[C@@H](C)CC/C=C/C(=O)O)cc1. The lowest BCUT2D eigenvalue weighted by Crippen LogP contribution is -2.22. The van der Waals surface area contributed by atoms with Gasteiger partial charge in [0.05, 0.1) is 6.61 Å². The zero-order valence-corrected chi connectivity index (χ0v) is 17.8. The largest absolute Gasteiger partial charge is 0.491 e. The maximum atomic E-state index is 12.6. The molecule has 0 radical (unpaired) electrons. The van der Waals surface area contributed by atoms with Crippen molar-refractivity contribution in [2.24, 2.45) is 5.92 Å². The van der Waals surface area contributed by atoms with Gasteiger partial charge >= 0.3 is 12.1 Å². The zero-order chi connectivity index (χ0) is 22.6. The van der Waals surface area contributed by atoms with Gasteiger partial charge in [-0.3, -0.25) is 5.32 Å². The van der Waals surface area contributed by atoms with E-state index in [1.807, 2.05) is 32.0 Å². The van der Waals surface area contributed by atoms with Crippen molar-refractivity contribution < 1.29 is 29.3 Å². The van der Waals surface area contributed by atoms with Crippen LogP contribution in [-0.2, 0) is 9.53 Å². The maximum Gasteiger partial charge on any atom is 0.412 e. The van der Waals surface area contributed by atoms with Crippen molar-refractivity contribution in [2.75, 3.05) is 18.5 Å². The van der Waals surface area contributed by atoms with Gasteiger partial charge in [0.25, 0.3) is 0 Å². The second-order valence-electron chi connectivity index (χ2n) is 7.26. The lowest BCUT2D eigenvalue weighted by atomic mass is 9.93. The van der Waals surface area contributed by atoms with Crippen LogP contribution in [0.5, 0.6) is 5.75 Å². The molecule has 7 nitrogen and oxygen atoms in total. The molecule has 2 atom stereocenters. The summed E-state index contributed by atoms with van der Waals surface area (Å²) in [5, 5.41) is 20.5. The fourth-order valence-corrected chi connectivity index (χ4v) is 3.05. The van der Waals surface area contributed by atoms with Gasteiger partial charge in [0.2, 0.25) is 0 Å². The highest BCUT2D eigenvalue weighted by atomic mass is 16.6. The number of allylic oxidation sites excluding steroid dienone is 1. The summed E-state index contributed by atoms with van der Waals surface area (Å²) in [6, 6.07) is 14.6. The number of hydrogen-bond donors (Lipinski definition) is 3. The average Bonchev–Trinajstić information content (AvgIpc) is 2.75. The van der Waals surface area contributed by atoms with E-state index in [-0.39, 0.29) is 19.1 Å². The van der Waals surface area contributed by atoms with Crippen LogP contribution >= 0.6 is 0 Å². The van der Waals surface area contributed by atoms with Crippen molar-refractivity contribution in [1.29, 1.82) is 0 Å². The highest BCUT2D eigenvalue weighted by Crippen LogP contribution is 2.32. The molecule has 0 saturated carbocycles. The number of aliphatic hydroxyl groups is 1. The third-order valence-electron chi connectivity index (χ3n) is 4.64. The van der Waals surface area contributed by atoms with Gasteiger partial charge in [-0.25, -0.2) is 9.59 Å². The molecule has 0 bridgehead atoms. The van der Waals surface area contributed by atoms with Crippen molar-refractivity contribution in [3.8, 4) is 5.75 Å². The molecule has 0 heterocycles. The van der Waals surface area contributed by atoms with Crippen molar-refractivity contribution >= 4 is 17.7 Å². The number of carboxylic acid groups (broad SMARTS) is 1. The van der Waals surface area contributed by atoms with E-state index >= 15 is 0 Å². The van der Waals surface area contributed by atoms with E-state index in [2.05, 4.69) is 5.32 Å². The van der Waals surface area contributed by atoms with Gasteiger partial charge in [0.1, 0.15) is 18.5 Å². The Labute approximate surface area is 182 Å². The minimum absolute atomic E-state index is 0.0877. The summed E-state index contributed by atoms with van der Waals surface area (Å²) in [5.41, 5.74) is 2.47. The van der Waals surface area contributed by atoms with Crippen LogP contribution in [0, 0.1) is 12.8 Å². The summed E-state index contributed by atoms with van der Waals surface area (Å²) in [4.78, 5) is 23.2. The number of amides is 1. The highest BCUT2D eigenvalue weighted by Gasteiger charge is 2.24. The number of rotatable bonds is 11. The van der Waals surface area contributed by atoms with Crippen LogP contribution in [0.4, 0.5) is 10.5 Å². The Morgan fingerprint density at radius 3 is 2.58 bits per heavy atom. The third kappa shape index (κ3) is 8.52. The molecule has 0 unspecified atom stereocenters. The molecular formula is C24H29NO6. The summed E-state index contributed by atoms with van der Waals surface area (Å²) < 4.78 is 11.3. The van der Waals surface area contributed by atoms with E-state index in [0.29, 0.717) is 24.3 Å². The predicted octanol–water partition coefficient (Wildman–Crippen LogP) is 4.71. The van der Waals surface area contributed by atoms with Crippen LogP contribution in [0.2, 0.25) is 0 Å². The molecule has 0 aromatic heterocycles. The quantitative estimate of drug-likeness (QED) is 0.449. The summed E-state index contributed by atoms with van der Waals surface area (Å²) in [7, 11) is 0.